The Kier molecular flexibility index (Phi) is 7.66. The summed E-state index contributed by atoms with van der Waals surface area (Å²) >= 11 is 0. The number of aliphatic imine (C=N–C) groups is 1. The highest BCUT2D eigenvalue weighted by Gasteiger charge is 2.09. The van der Waals surface area contributed by atoms with Gasteiger partial charge in [0.1, 0.15) is 6.10 Å². The molecule has 0 saturated heterocycles. The summed E-state index contributed by atoms with van der Waals surface area (Å²) in [7, 11) is 3.39. The van der Waals surface area contributed by atoms with E-state index in [4.69, 9.17) is 9.47 Å². The summed E-state index contributed by atoms with van der Waals surface area (Å²) in [6, 6.07) is 21.9. The zero-order chi connectivity index (χ0) is 21.2. The van der Waals surface area contributed by atoms with Crippen LogP contribution in [0, 0.1) is 0 Å². The van der Waals surface area contributed by atoms with Gasteiger partial charge in [-0.15, -0.1) is 0 Å². The number of benzene rings is 2. The van der Waals surface area contributed by atoms with Crippen molar-refractivity contribution in [1.29, 1.82) is 0 Å². The van der Waals surface area contributed by atoms with E-state index in [0.717, 1.165) is 28.3 Å². The molecule has 6 nitrogen and oxygen atoms in total. The maximum Gasteiger partial charge on any atom is 0.191 e. The molecule has 2 aromatic carbocycles. The molecular formula is C24H28N4O2. The van der Waals surface area contributed by atoms with Gasteiger partial charge >= 0.3 is 0 Å². The zero-order valence-electron chi connectivity index (χ0n) is 17.6. The van der Waals surface area contributed by atoms with E-state index >= 15 is 0 Å². The molecule has 30 heavy (non-hydrogen) atoms. The molecule has 156 valence electrons. The third-order valence-electron chi connectivity index (χ3n) is 4.53. The monoisotopic (exact) mass is 404 g/mol. The van der Waals surface area contributed by atoms with E-state index < -0.39 is 0 Å². The van der Waals surface area contributed by atoms with Gasteiger partial charge in [0.05, 0.1) is 19.3 Å². The fourth-order valence-electron chi connectivity index (χ4n) is 3.00. The topological polar surface area (TPSA) is 67.8 Å². The molecule has 0 radical (unpaired) electrons. The molecule has 0 aliphatic carbocycles. The Morgan fingerprint density at radius 3 is 2.53 bits per heavy atom. The van der Waals surface area contributed by atoms with Gasteiger partial charge in [0.15, 0.2) is 17.5 Å². The molecule has 1 heterocycles. The lowest BCUT2D eigenvalue weighted by atomic mass is 10.1. The maximum absolute atomic E-state index is 5.98. The van der Waals surface area contributed by atoms with Crippen molar-refractivity contribution in [3.63, 3.8) is 0 Å². The maximum atomic E-state index is 5.98. The Labute approximate surface area is 178 Å². The molecule has 0 aliphatic rings. The first-order chi connectivity index (χ1) is 14.7. The van der Waals surface area contributed by atoms with E-state index in [-0.39, 0.29) is 6.10 Å². The van der Waals surface area contributed by atoms with Crippen LogP contribution in [0.5, 0.6) is 11.5 Å². The molecule has 3 rings (SSSR count). The molecule has 1 unspecified atom stereocenters. The average Bonchev–Trinajstić information content (AvgIpc) is 2.80. The molecule has 0 aliphatic heterocycles. The molecule has 0 fully saturated rings. The number of aromatic nitrogens is 1. The van der Waals surface area contributed by atoms with Crippen molar-refractivity contribution < 1.29 is 9.47 Å². The summed E-state index contributed by atoms with van der Waals surface area (Å²) in [4.78, 5) is 8.72. The van der Waals surface area contributed by atoms with Gasteiger partial charge in [0.2, 0.25) is 0 Å². The lowest BCUT2D eigenvalue weighted by Gasteiger charge is -2.19. The fraction of sp³-hybridized carbons (Fsp3) is 0.250. The van der Waals surface area contributed by atoms with E-state index in [1.54, 1.807) is 20.4 Å². The Bertz CT molecular complexity index is 960. The number of nitrogens with one attached hydrogen (secondary N) is 2. The van der Waals surface area contributed by atoms with Crippen molar-refractivity contribution in [2.75, 3.05) is 20.7 Å². The first-order valence-electron chi connectivity index (χ1n) is 9.94. The molecule has 0 spiro atoms. The summed E-state index contributed by atoms with van der Waals surface area (Å²) in [6.45, 7) is 3.26. The summed E-state index contributed by atoms with van der Waals surface area (Å²) < 4.78 is 11.3. The lowest BCUT2D eigenvalue weighted by molar-refractivity contribution is 0.213. The smallest absolute Gasteiger partial charge is 0.191 e. The van der Waals surface area contributed by atoms with Gasteiger partial charge in [0.25, 0.3) is 0 Å². The second-order valence-corrected chi connectivity index (χ2v) is 6.80. The second kappa shape index (κ2) is 10.9. The third-order valence-corrected chi connectivity index (χ3v) is 4.53. The van der Waals surface area contributed by atoms with Crippen molar-refractivity contribution in [1.82, 2.24) is 15.6 Å². The highest BCUT2D eigenvalue weighted by molar-refractivity contribution is 5.79. The van der Waals surface area contributed by atoms with Crippen LogP contribution in [0.1, 0.15) is 12.5 Å². The van der Waals surface area contributed by atoms with Crippen LogP contribution < -0.4 is 20.1 Å². The molecule has 1 atom stereocenters. The zero-order valence-corrected chi connectivity index (χ0v) is 17.6. The quantitative estimate of drug-likeness (QED) is 0.440. The Morgan fingerprint density at radius 1 is 1.00 bits per heavy atom. The van der Waals surface area contributed by atoms with Crippen LogP contribution in [0.4, 0.5) is 0 Å². The lowest BCUT2D eigenvalue weighted by Crippen LogP contribution is -2.41. The normalized spacial score (nSPS) is 12.2. The number of rotatable bonds is 8. The van der Waals surface area contributed by atoms with Crippen molar-refractivity contribution in [3.05, 3.63) is 78.5 Å². The number of guanidine groups is 1. The second-order valence-electron chi connectivity index (χ2n) is 6.80. The molecule has 0 bridgehead atoms. The number of methoxy groups -OCH3 is 1. The average molecular weight is 405 g/mol. The van der Waals surface area contributed by atoms with Crippen LogP contribution in [0.3, 0.4) is 0 Å². The highest BCUT2D eigenvalue weighted by Crippen LogP contribution is 2.26. The van der Waals surface area contributed by atoms with Gasteiger partial charge in [-0.2, -0.15) is 0 Å². The van der Waals surface area contributed by atoms with Gasteiger partial charge in [-0.25, -0.2) is 0 Å². The Morgan fingerprint density at radius 2 is 1.80 bits per heavy atom. The first-order valence-corrected chi connectivity index (χ1v) is 9.94. The summed E-state index contributed by atoms with van der Waals surface area (Å²) in [5, 5.41) is 6.65. The van der Waals surface area contributed by atoms with E-state index in [1.165, 1.54) is 0 Å². The minimum absolute atomic E-state index is 0.0627. The predicted molar refractivity (Wildman–Crippen MR) is 121 cm³/mol. The SMILES string of the molecule is CN=C(NCc1cccc(-c2ccccn2)c1)NCC(C)Oc1ccccc1OC. The number of ether oxygens (including phenoxy) is 2. The highest BCUT2D eigenvalue weighted by atomic mass is 16.5. The number of pyridine rings is 1. The van der Waals surface area contributed by atoms with Gasteiger partial charge in [-0.05, 0) is 42.8 Å². The van der Waals surface area contributed by atoms with Crippen LogP contribution in [0.15, 0.2) is 77.9 Å². The van der Waals surface area contributed by atoms with Crippen molar-refractivity contribution in [2.45, 2.75) is 19.6 Å². The number of hydrogen-bond donors (Lipinski definition) is 2. The predicted octanol–water partition coefficient (Wildman–Crippen LogP) is 3.89. The molecule has 0 saturated carbocycles. The van der Waals surface area contributed by atoms with Crippen molar-refractivity contribution in [2.24, 2.45) is 4.99 Å². The van der Waals surface area contributed by atoms with E-state index in [9.17, 15) is 0 Å². The fourth-order valence-corrected chi connectivity index (χ4v) is 3.00. The minimum Gasteiger partial charge on any atom is -0.493 e. The van der Waals surface area contributed by atoms with Gasteiger partial charge < -0.3 is 20.1 Å². The molecule has 2 N–H and O–H groups in total. The Balaban J connectivity index is 1.51. The molecule has 6 heteroatoms. The molecular weight excluding hydrogens is 376 g/mol. The van der Waals surface area contributed by atoms with Crippen LogP contribution in [-0.4, -0.2) is 37.7 Å². The van der Waals surface area contributed by atoms with Crippen molar-refractivity contribution in [3.8, 4) is 22.8 Å². The largest absolute Gasteiger partial charge is 0.493 e. The standard InChI is InChI=1S/C24H28N4O2/c1-18(30-23-13-5-4-12-22(23)29-3)16-27-24(25-2)28-17-19-9-8-10-20(15-19)21-11-6-7-14-26-21/h4-15,18H,16-17H2,1-3H3,(H2,25,27,28). The molecule has 3 aromatic rings. The molecule has 0 amide bonds. The summed E-state index contributed by atoms with van der Waals surface area (Å²) in [5.74, 6) is 2.16. The van der Waals surface area contributed by atoms with E-state index in [2.05, 4.69) is 38.8 Å². The van der Waals surface area contributed by atoms with Crippen LogP contribution in [0.25, 0.3) is 11.3 Å². The Hall–Kier alpha value is -3.54. The van der Waals surface area contributed by atoms with E-state index in [0.29, 0.717) is 19.0 Å². The van der Waals surface area contributed by atoms with Crippen LogP contribution >= 0.6 is 0 Å². The summed E-state index contributed by atoms with van der Waals surface area (Å²) in [6.07, 6.45) is 1.74. The van der Waals surface area contributed by atoms with Gasteiger partial charge in [-0.1, -0.05) is 36.4 Å². The van der Waals surface area contributed by atoms with Crippen LogP contribution in [-0.2, 0) is 6.54 Å². The molecule has 1 aromatic heterocycles. The first kappa shape index (κ1) is 21.2. The van der Waals surface area contributed by atoms with E-state index in [1.807, 2.05) is 55.5 Å². The number of para-hydroxylation sites is 2. The van der Waals surface area contributed by atoms with Gasteiger partial charge in [-0.3, -0.25) is 9.98 Å². The van der Waals surface area contributed by atoms with Crippen molar-refractivity contribution >= 4 is 5.96 Å². The number of nitrogens with zero attached hydrogens (tertiary/aromatic N) is 2. The third kappa shape index (κ3) is 5.98. The van der Waals surface area contributed by atoms with Crippen LogP contribution in [0.2, 0.25) is 0 Å². The minimum atomic E-state index is -0.0627. The number of hydrogen-bond acceptors (Lipinski definition) is 4. The summed E-state index contributed by atoms with van der Waals surface area (Å²) in [5.41, 5.74) is 3.21. The van der Waals surface area contributed by atoms with Gasteiger partial charge in [0, 0.05) is 25.4 Å².